The highest BCUT2D eigenvalue weighted by molar-refractivity contribution is 5.94. The molecule has 110 valence electrons. The minimum atomic E-state index is -0.270. The van der Waals surface area contributed by atoms with E-state index in [-0.39, 0.29) is 18.3 Å². The van der Waals surface area contributed by atoms with Crippen LogP contribution in [0.15, 0.2) is 30.3 Å². The van der Waals surface area contributed by atoms with E-state index in [1.807, 2.05) is 6.92 Å². The molecule has 0 unspecified atom stereocenters. The largest absolute Gasteiger partial charge is 0.484 e. The molecule has 1 aromatic heterocycles. The first kappa shape index (κ1) is 14.8. The van der Waals surface area contributed by atoms with Crippen molar-refractivity contribution in [3.63, 3.8) is 0 Å². The van der Waals surface area contributed by atoms with Crippen molar-refractivity contribution < 1.29 is 14.3 Å². The van der Waals surface area contributed by atoms with Crippen LogP contribution in [0.25, 0.3) is 0 Å². The second kappa shape index (κ2) is 6.21. The van der Waals surface area contributed by atoms with E-state index in [0.717, 1.165) is 5.69 Å². The maximum absolute atomic E-state index is 11.8. The summed E-state index contributed by atoms with van der Waals surface area (Å²) in [4.78, 5) is 22.9. The Morgan fingerprint density at radius 2 is 1.95 bits per heavy atom. The predicted molar refractivity (Wildman–Crippen MR) is 78.5 cm³/mol. The standard InChI is InChI=1S/C15H17N3O3/c1-10-8-14(18(3)17-10)16-15(20)9-21-13-6-4-12(5-7-13)11(2)19/h4-8H,9H2,1-3H3,(H,16,20). The average molecular weight is 287 g/mol. The van der Waals surface area contributed by atoms with Gasteiger partial charge in [0.25, 0.3) is 5.91 Å². The molecule has 0 fully saturated rings. The van der Waals surface area contributed by atoms with Gasteiger partial charge >= 0.3 is 0 Å². The fourth-order valence-electron chi connectivity index (χ4n) is 1.84. The third kappa shape index (κ3) is 3.92. The average Bonchev–Trinajstić information content (AvgIpc) is 2.75. The lowest BCUT2D eigenvalue weighted by atomic mass is 10.1. The van der Waals surface area contributed by atoms with Gasteiger partial charge < -0.3 is 10.1 Å². The fourth-order valence-corrected chi connectivity index (χ4v) is 1.84. The number of nitrogens with one attached hydrogen (secondary N) is 1. The van der Waals surface area contributed by atoms with Crippen LogP contribution < -0.4 is 10.1 Å². The molecule has 6 nitrogen and oxygen atoms in total. The summed E-state index contributed by atoms with van der Waals surface area (Å²) >= 11 is 0. The van der Waals surface area contributed by atoms with Crippen LogP contribution in [0, 0.1) is 6.92 Å². The molecule has 0 spiro atoms. The highest BCUT2D eigenvalue weighted by Crippen LogP contribution is 2.13. The Bertz CT molecular complexity index is 659. The smallest absolute Gasteiger partial charge is 0.263 e. The number of Topliss-reactive ketones (excluding diaryl/α,β-unsaturated/α-hetero) is 1. The molecule has 0 aliphatic carbocycles. The molecule has 0 saturated heterocycles. The zero-order valence-corrected chi connectivity index (χ0v) is 12.2. The molecule has 0 aliphatic heterocycles. The van der Waals surface area contributed by atoms with E-state index in [1.165, 1.54) is 6.92 Å². The second-order valence-corrected chi connectivity index (χ2v) is 4.71. The number of nitrogens with zero attached hydrogens (tertiary/aromatic N) is 2. The number of amides is 1. The first-order chi connectivity index (χ1) is 9.95. The van der Waals surface area contributed by atoms with Crippen molar-refractivity contribution in [1.82, 2.24) is 9.78 Å². The highest BCUT2D eigenvalue weighted by Gasteiger charge is 2.08. The number of ketones is 1. The van der Waals surface area contributed by atoms with Crippen molar-refractivity contribution in [3.05, 3.63) is 41.6 Å². The first-order valence-corrected chi connectivity index (χ1v) is 6.50. The van der Waals surface area contributed by atoms with Crippen molar-refractivity contribution in [1.29, 1.82) is 0 Å². The van der Waals surface area contributed by atoms with Gasteiger partial charge in [-0.15, -0.1) is 0 Å². The van der Waals surface area contributed by atoms with E-state index in [2.05, 4.69) is 10.4 Å². The first-order valence-electron chi connectivity index (χ1n) is 6.50. The van der Waals surface area contributed by atoms with Crippen molar-refractivity contribution >= 4 is 17.5 Å². The second-order valence-electron chi connectivity index (χ2n) is 4.71. The zero-order chi connectivity index (χ0) is 15.4. The summed E-state index contributed by atoms with van der Waals surface area (Å²) in [6, 6.07) is 8.44. The van der Waals surface area contributed by atoms with Gasteiger partial charge in [0.05, 0.1) is 5.69 Å². The molecule has 1 amide bonds. The summed E-state index contributed by atoms with van der Waals surface area (Å²) in [6.07, 6.45) is 0. The molecule has 1 heterocycles. The Morgan fingerprint density at radius 3 is 2.48 bits per heavy atom. The number of hydrogen-bond acceptors (Lipinski definition) is 4. The summed E-state index contributed by atoms with van der Waals surface area (Å²) in [7, 11) is 1.75. The molecule has 0 bridgehead atoms. The van der Waals surface area contributed by atoms with Gasteiger partial charge in [-0.1, -0.05) is 0 Å². The molecule has 0 atom stereocenters. The van der Waals surface area contributed by atoms with Crippen LogP contribution in [0.2, 0.25) is 0 Å². The van der Waals surface area contributed by atoms with Gasteiger partial charge in [0.15, 0.2) is 12.4 Å². The SMILES string of the molecule is CC(=O)c1ccc(OCC(=O)Nc2cc(C)nn2C)cc1. The highest BCUT2D eigenvalue weighted by atomic mass is 16.5. The maximum atomic E-state index is 11.8. The molecular weight excluding hydrogens is 270 g/mol. The molecule has 2 aromatic rings. The van der Waals surface area contributed by atoms with Gasteiger partial charge in [0.1, 0.15) is 11.6 Å². The van der Waals surface area contributed by atoms with E-state index in [9.17, 15) is 9.59 Å². The van der Waals surface area contributed by atoms with Gasteiger partial charge in [-0.2, -0.15) is 5.10 Å². The van der Waals surface area contributed by atoms with Gasteiger partial charge in [-0.05, 0) is 38.1 Å². The van der Waals surface area contributed by atoms with Gasteiger partial charge in [0, 0.05) is 18.7 Å². The molecule has 0 saturated carbocycles. The van der Waals surface area contributed by atoms with Crippen LogP contribution in [0.3, 0.4) is 0 Å². The van der Waals surface area contributed by atoms with Crippen LogP contribution in [0.5, 0.6) is 5.75 Å². The minimum absolute atomic E-state index is 0.00845. The Kier molecular flexibility index (Phi) is 4.37. The number of hydrogen-bond donors (Lipinski definition) is 1. The maximum Gasteiger partial charge on any atom is 0.263 e. The quantitative estimate of drug-likeness (QED) is 0.853. The van der Waals surface area contributed by atoms with Gasteiger partial charge in [-0.3, -0.25) is 14.3 Å². The van der Waals surface area contributed by atoms with Gasteiger partial charge in [0.2, 0.25) is 0 Å². The number of aryl methyl sites for hydroxylation is 2. The summed E-state index contributed by atoms with van der Waals surface area (Å²) in [5.74, 6) is 0.879. The summed E-state index contributed by atoms with van der Waals surface area (Å²) in [5.41, 5.74) is 1.44. The monoisotopic (exact) mass is 287 g/mol. The van der Waals surface area contributed by atoms with Crippen LogP contribution in [0.1, 0.15) is 23.0 Å². The number of aromatic nitrogens is 2. The third-order valence-electron chi connectivity index (χ3n) is 2.90. The number of anilines is 1. The van der Waals surface area contributed by atoms with Crippen molar-refractivity contribution in [2.75, 3.05) is 11.9 Å². The summed E-state index contributed by atoms with van der Waals surface area (Å²) in [5, 5.41) is 6.85. The van der Waals surface area contributed by atoms with E-state index in [0.29, 0.717) is 17.1 Å². The Labute approximate surface area is 122 Å². The summed E-state index contributed by atoms with van der Waals surface area (Å²) in [6.45, 7) is 3.24. The number of carbonyl (C=O) groups excluding carboxylic acids is 2. The Balaban J connectivity index is 1.89. The molecular formula is C15H17N3O3. The van der Waals surface area contributed by atoms with Crippen LogP contribution in [-0.2, 0) is 11.8 Å². The lowest BCUT2D eigenvalue weighted by molar-refractivity contribution is -0.118. The molecule has 1 aromatic carbocycles. The number of carbonyl (C=O) groups is 2. The Hall–Kier alpha value is -2.63. The normalized spacial score (nSPS) is 10.2. The van der Waals surface area contributed by atoms with Crippen molar-refractivity contribution in [2.24, 2.45) is 7.05 Å². The third-order valence-corrected chi connectivity index (χ3v) is 2.90. The van der Waals surface area contributed by atoms with E-state index in [1.54, 1.807) is 42.1 Å². The molecule has 1 N–H and O–H groups in total. The van der Waals surface area contributed by atoms with E-state index >= 15 is 0 Å². The molecule has 0 aliphatic rings. The minimum Gasteiger partial charge on any atom is -0.484 e. The van der Waals surface area contributed by atoms with Crippen LogP contribution >= 0.6 is 0 Å². The predicted octanol–water partition coefficient (Wildman–Crippen LogP) is 1.95. The van der Waals surface area contributed by atoms with Crippen LogP contribution in [-0.4, -0.2) is 28.1 Å². The molecule has 0 radical (unpaired) electrons. The topological polar surface area (TPSA) is 73.2 Å². The Morgan fingerprint density at radius 1 is 1.29 bits per heavy atom. The molecule has 21 heavy (non-hydrogen) atoms. The molecule has 2 rings (SSSR count). The van der Waals surface area contributed by atoms with E-state index in [4.69, 9.17) is 4.74 Å². The van der Waals surface area contributed by atoms with Crippen molar-refractivity contribution in [3.8, 4) is 5.75 Å². The summed E-state index contributed by atoms with van der Waals surface area (Å²) < 4.78 is 6.96. The number of rotatable bonds is 5. The van der Waals surface area contributed by atoms with E-state index < -0.39 is 0 Å². The lowest BCUT2D eigenvalue weighted by Gasteiger charge is -2.07. The lowest BCUT2D eigenvalue weighted by Crippen LogP contribution is -2.21. The number of ether oxygens (including phenoxy) is 1. The molecule has 6 heteroatoms. The number of benzene rings is 1. The van der Waals surface area contributed by atoms with Gasteiger partial charge in [-0.25, -0.2) is 0 Å². The van der Waals surface area contributed by atoms with Crippen LogP contribution in [0.4, 0.5) is 5.82 Å². The van der Waals surface area contributed by atoms with Crippen molar-refractivity contribution in [2.45, 2.75) is 13.8 Å². The fraction of sp³-hybridized carbons (Fsp3) is 0.267. The zero-order valence-electron chi connectivity index (χ0n) is 12.2.